The average Bonchev–Trinajstić information content (AvgIpc) is 3.86. The molecule has 0 aliphatic rings. The van der Waals surface area contributed by atoms with Gasteiger partial charge in [-0.3, -0.25) is 0 Å². The van der Waals surface area contributed by atoms with Crippen LogP contribution in [0.25, 0.3) is 93.2 Å². The van der Waals surface area contributed by atoms with Crippen LogP contribution in [-0.4, -0.2) is 4.57 Å². The van der Waals surface area contributed by atoms with Crippen LogP contribution in [0.4, 0.5) is 17.1 Å². The Morgan fingerprint density at radius 1 is 0.322 bits per heavy atom. The second-order valence-corrected chi connectivity index (χ2v) is 15.3. The maximum Gasteiger partial charge on any atom is 0.159 e. The number of hydrogen-bond donors (Lipinski definition) is 0. The summed E-state index contributed by atoms with van der Waals surface area (Å²) < 4.78 is 9.26. The highest BCUT2D eigenvalue weighted by Gasteiger charge is 2.22. The summed E-state index contributed by atoms with van der Waals surface area (Å²) in [5, 5.41) is 9.39. The molecule has 0 atom stereocenters. The molecule has 0 saturated heterocycles. The summed E-state index contributed by atoms with van der Waals surface area (Å²) >= 11 is 0. The van der Waals surface area contributed by atoms with Crippen molar-refractivity contribution in [2.75, 3.05) is 4.90 Å². The van der Waals surface area contributed by atoms with Gasteiger partial charge in [-0.15, -0.1) is 0 Å². The van der Waals surface area contributed by atoms with Crippen LogP contribution in [-0.2, 0) is 0 Å². The lowest BCUT2D eigenvalue weighted by molar-refractivity contribution is 0.673. The number of fused-ring (bicyclic) bond motifs is 9. The topological polar surface area (TPSA) is 21.3 Å². The molecule has 276 valence electrons. The molecule has 10 aromatic carbocycles. The van der Waals surface area contributed by atoms with Crippen molar-refractivity contribution in [1.29, 1.82) is 0 Å². The van der Waals surface area contributed by atoms with Crippen LogP contribution in [0.5, 0.6) is 0 Å². The molecule has 0 aliphatic heterocycles. The van der Waals surface area contributed by atoms with Crippen molar-refractivity contribution in [2.24, 2.45) is 0 Å². The van der Waals surface area contributed by atoms with E-state index in [9.17, 15) is 0 Å². The predicted molar refractivity (Wildman–Crippen MR) is 249 cm³/mol. The average molecular weight is 753 g/mol. The number of benzene rings is 10. The number of para-hydroxylation sites is 3. The van der Waals surface area contributed by atoms with Gasteiger partial charge in [0.15, 0.2) is 5.58 Å². The van der Waals surface area contributed by atoms with Crippen molar-refractivity contribution in [1.82, 2.24) is 4.57 Å². The van der Waals surface area contributed by atoms with Crippen LogP contribution in [0.3, 0.4) is 0 Å². The van der Waals surface area contributed by atoms with E-state index in [1.165, 1.54) is 60.3 Å². The molecule has 0 radical (unpaired) electrons. The van der Waals surface area contributed by atoms with Crippen molar-refractivity contribution in [3.05, 3.63) is 218 Å². The van der Waals surface area contributed by atoms with Gasteiger partial charge in [0.2, 0.25) is 0 Å². The number of furan rings is 1. The summed E-state index contributed by atoms with van der Waals surface area (Å²) in [6, 6.07) is 78.6. The van der Waals surface area contributed by atoms with Gasteiger partial charge in [-0.05, 0) is 93.7 Å². The van der Waals surface area contributed by atoms with Gasteiger partial charge in [0.25, 0.3) is 0 Å². The standard InChI is InChI=1S/C56H36N2O/c1-2-15-43(16-3-1)57-52-21-9-8-19-47(52)50-36-42(31-35-53(50)57)39-26-24-37(25-27-39)38-28-32-44(33-29-38)58(51-22-10-14-40-12-4-6-17-45(40)51)54-23-11-20-48-49-34-30-41-13-5-7-18-46(41)55(49)59-56(48)54/h1-36H. The van der Waals surface area contributed by atoms with Gasteiger partial charge in [0.05, 0.1) is 22.4 Å². The zero-order valence-electron chi connectivity index (χ0n) is 32.1. The van der Waals surface area contributed by atoms with E-state index in [0.29, 0.717) is 0 Å². The van der Waals surface area contributed by atoms with Crippen molar-refractivity contribution in [3.63, 3.8) is 0 Å². The first-order chi connectivity index (χ1) is 29.3. The smallest absolute Gasteiger partial charge is 0.159 e. The van der Waals surface area contributed by atoms with E-state index in [2.05, 4.69) is 228 Å². The molecule has 0 aliphatic carbocycles. The SMILES string of the molecule is c1ccc(-n2c3ccccc3c3cc(-c4ccc(-c5ccc(N(c6cccc7ccccc67)c6cccc7c6oc6c8ccccc8ccc76)cc5)cc4)ccc32)cc1. The second-order valence-electron chi connectivity index (χ2n) is 15.3. The molecule has 12 rings (SSSR count). The first-order valence-corrected chi connectivity index (χ1v) is 20.2. The Hall–Kier alpha value is -7.88. The summed E-state index contributed by atoms with van der Waals surface area (Å²) in [5.74, 6) is 0. The Morgan fingerprint density at radius 3 is 1.66 bits per heavy atom. The third-order valence-electron chi connectivity index (χ3n) is 12.0. The van der Waals surface area contributed by atoms with Crippen LogP contribution < -0.4 is 4.90 Å². The maximum absolute atomic E-state index is 6.90. The highest BCUT2D eigenvalue weighted by Crippen LogP contribution is 2.45. The lowest BCUT2D eigenvalue weighted by atomic mass is 9.98. The van der Waals surface area contributed by atoms with Crippen molar-refractivity contribution >= 4 is 82.4 Å². The Kier molecular flexibility index (Phi) is 7.54. The fraction of sp³-hybridized carbons (Fsp3) is 0. The van der Waals surface area contributed by atoms with Gasteiger partial charge < -0.3 is 13.9 Å². The largest absolute Gasteiger partial charge is 0.453 e. The van der Waals surface area contributed by atoms with Crippen molar-refractivity contribution in [3.8, 4) is 27.9 Å². The molecule has 0 spiro atoms. The molecule has 0 bridgehead atoms. The number of aromatic nitrogens is 1. The van der Waals surface area contributed by atoms with E-state index < -0.39 is 0 Å². The first-order valence-electron chi connectivity index (χ1n) is 20.2. The van der Waals surface area contributed by atoms with Crippen LogP contribution >= 0.6 is 0 Å². The minimum absolute atomic E-state index is 0.870. The van der Waals surface area contributed by atoms with Crippen LogP contribution in [0, 0.1) is 0 Å². The van der Waals surface area contributed by atoms with E-state index in [0.717, 1.165) is 50.0 Å². The van der Waals surface area contributed by atoms with Gasteiger partial charge in [0, 0.05) is 43.7 Å². The second kappa shape index (κ2) is 13.4. The minimum atomic E-state index is 0.870. The molecular formula is C56H36N2O. The monoisotopic (exact) mass is 752 g/mol. The quantitative estimate of drug-likeness (QED) is 0.169. The summed E-state index contributed by atoms with van der Waals surface area (Å²) in [6.07, 6.45) is 0. The van der Waals surface area contributed by atoms with Crippen LogP contribution in [0.15, 0.2) is 223 Å². The van der Waals surface area contributed by atoms with E-state index in [-0.39, 0.29) is 0 Å². The fourth-order valence-corrected chi connectivity index (χ4v) is 9.16. The molecule has 0 amide bonds. The van der Waals surface area contributed by atoms with Gasteiger partial charge in [-0.1, -0.05) is 158 Å². The Bertz CT molecular complexity index is 3540. The van der Waals surface area contributed by atoms with E-state index >= 15 is 0 Å². The third kappa shape index (κ3) is 5.36. The van der Waals surface area contributed by atoms with Crippen molar-refractivity contribution < 1.29 is 4.42 Å². The molecule has 0 saturated carbocycles. The van der Waals surface area contributed by atoms with Crippen LogP contribution in [0.1, 0.15) is 0 Å². The molecule has 3 heteroatoms. The van der Waals surface area contributed by atoms with Crippen LogP contribution in [0.2, 0.25) is 0 Å². The fourth-order valence-electron chi connectivity index (χ4n) is 9.16. The minimum Gasteiger partial charge on any atom is -0.453 e. The molecule has 2 heterocycles. The van der Waals surface area contributed by atoms with E-state index in [1.807, 2.05) is 0 Å². The Labute approximate surface area is 341 Å². The zero-order chi connectivity index (χ0) is 38.9. The molecule has 0 N–H and O–H groups in total. The maximum atomic E-state index is 6.90. The number of anilines is 3. The van der Waals surface area contributed by atoms with E-state index in [1.54, 1.807) is 0 Å². The highest BCUT2D eigenvalue weighted by molar-refractivity contribution is 6.18. The summed E-state index contributed by atoms with van der Waals surface area (Å²) in [7, 11) is 0. The van der Waals surface area contributed by atoms with Gasteiger partial charge in [0.1, 0.15) is 5.58 Å². The molecule has 0 fully saturated rings. The normalized spacial score (nSPS) is 11.7. The predicted octanol–water partition coefficient (Wildman–Crippen LogP) is 15.8. The Balaban J connectivity index is 0.936. The summed E-state index contributed by atoms with van der Waals surface area (Å²) in [5.41, 5.74) is 13.3. The lowest BCUT2D eigenvalue weighted by Gasteiger charge is -2.27. The summed E-state index contributed by atoms with van der Waals surface area (Å²) in [4.78, 5) is 2.35. The van der Waals surface area contributed by atoms with Gasteiger partial charge >= 0.3 is 0 Å². The third-order valence-corrected chi connectivity index (χ3v) is 12.0. The molecule has 12 aromatic rings. The number of rotatable bonds is 6. The van der Waals surface area contributed by atoms with Crippen molar-refractivity contribution in [2.45, 2.75) is 0 Å². The highest BCUT2D eigenvalue weighted by atomic mass is 16.3. The van der Waals surface area contributed by atoms with Gasteiger partial charge in [-0.25, -0.2) is 0 Å². The first kappa shape index (κ1) is 33.3. The van der Waals surface area contributed by atoms with E-state index in [4.69, 9.17) is 4.42 Å². The molecular weight excluding hydrogens is 717 g/mol. The molecule has 2 aromatic heterocycles. The molecule has 3 nitrogen and oxygen atoms in total. The number of nitrogens with zero attached hydrogens (tertiary/aromatic N) is 2. The molecule has 0 unspecified atom stereocenters. The molecule has 59 heavy (non-hydrogen) atoms. The van der Waals surface area contributed by atoms with Gasteiger partial charge in [-0.2, -0.15) is 0 Å². The Morgan fingerprint density at radius 2 is 0.864 bits per heavy atom. The zero-order valence-corrected chi connectivity index (χ0v) is 32.1. The lowest BCUT2D eigenvalue weighted by Crippen LogP contribution is -2.10. The number of hydrogen-bond acceptors (Lipinski definition) is 2. The summed E-state index contributed by atoms with van der Waals surface area (Å²) in [6.45, 7) is 0.